The highest BCUT2D eigenvalue weighted by Crippen LogP contribution is 2.36. The molecule has 0 bridgehead atoms. The Morgan fingerprint density at radius 1 is 1.35 bits per heavy atom. The third kappa shape index (κ3) is 2.45. The molecule has 3 aromatic rings. The Morgan fingerprint density at radius 2 is 2.15 bits per heavy atom. The summed E-state index contributed by atoms with van der Waals surface area (Å²) in [7, 11) is 0. The predicted octanol–water partition coefficient (Wildman–Crippen LogP) is 2.09. The number of nitrogens with one attached hydrogen (secondary N) is 1. The van der Waals surface area contributed by atoms with Crippen molar-refractivity contribution in [1.29, 1.82) is 0 Å². The lowest BCUT2D eigenvalue weighted by Crippen LogP contribution is -2.01. The van der Waals surface area contributed by atoms with Gasteiger partial charge in [0.25, 0.3) is 0 Å². The van der Waals surface area contributed by atoms with Crippen LogP contribution in [0.4, 0.5) is 10.8 Å². The van der Waals surface area contributed by atoms with Gasteiger partial charge in [0, 0.05) is 19.3 Å². The Hall–Kier alpha value is -2.48. The highest BCUT2D eigenvalue weighted by molar-refractivity contribution is 7.11. The predicted molar refractivity (Wildman–Crippen MR) is 76.1 cm³/mol. The molecule has 3 aromatic heterocycles. The Kier molecular flexibility index (Phi) is 3.30. The average Bonchev–Trinajstić information content (AvgIpc) is 3.03. The zero-order valence-corrected chi connectivity index (χ0v) is 11.5. The molecule has 3 N–H and O–H groups in total. The first-order valence-corrected chi connectivity index (χ1v) is 6.70. The topological polar surface area (TPSA) is 103 Å². The first kappa shape index (κ1) is 12.5. The van der Waals surface area contributed by atoms with E-state index in [1.807, 2.05) is 12.1 Å². The zero-order chi connectivity index (χ0) is 13.9. The molecule has 0 amide bonds. The highest BCUT2D eigenvalue weighted by Gasteiger charge is 2.14. The minimum Gasteiger partial charge on any atom is -0.382 e. The van der Waals surface area contributed by atoms with Gasteiger partial charge in [-0.1, -0.05) is 5.16 Å². The summed E-state index contributed by atoms with van der Waals surface area (Å²) >= 11 is 1.30. The first-order valence-electron chi connectivity index (χ1n) is 5.92. The molecule has 0 spiro atoms. The normalized spacial score (nSPS) is 10.7. The van der Waals surface area contributed by atoms with Gasteiger partial charge in [0.05, 0.1) is 12.1 Å². The standard InChI is InChI=1S/C12H12N6OS/c1-7-16-9(17-19-7)6-15-12-10(11(13)18-20-12)8-2-4-14-5-3-8/h2-5,15H,6H2,1H3,(H2,13,18). The molecular formula is C12H12N6OS. The van der Waals surface area contributed by atoms with E-state index in [2.05, 4.69) is 24.8 Å². The Balaban J connectivity index is 1.84. The van der Waals surface area contributed by atoms with E-state index in [-0.39, 0.29) is 0 Å². The van der Waals surface area contributed by atoms with Gasteiger partial charge in [-0.05, 0) is 29.2 Å². The van der Waals surface area contributed by atoms with Crippen molar-refractivity contribution in [3.8, 4) is 11.1 Å². The molecule has 0 atom stereocenters. The van der Waals surface area contributed by atoms with Gasteiger partial charge < -0.3 is 15.6 Å². The maximum Gasteiger partial charge on any atom is 0.223 e. The van der Waals surface area contributed by atoms with E-state index in [4.69, 9.17) is 10.3 Å². The van der Waals surface area contributed by atoms with E-state index >= 15 is 0 Å². The van der Waals surface area contributed by atoms with Gasteiger partial charge in [0.15, 0.2) is 5.82 Å². The highest BCUT2D eigenvalue weighted by atomic mass is 32.1. The van der Waals surface area contributed by atoms with Crippen LogP contribution >= 0.6 is 11.5 Å². The molecule has 0 aliphatic heterocycles. The number of rotatable bonds is 4. The van der Waals surface area contributed by atoms with Crippen molar-refractivity contribution in [2.75, 3.05) is 11.1 Å². The molecule has 0 radical (unpaired) electrons. The summed E-state index contributed by atoms with van der Waals surface area (Å²) < 4.78 is 9.11. The molecule has 3 rings (SSSR count). The van der Waals surface area contributed by atoms with Crippen LogP contribution in [0.15, 0.2) is 29.0 Å². The monoisotopic (exact) mass is 288 g/mol. The van der Waals surface area contributed by atoms with Crippen LogP contribution in [0.1, 0.15) is 11.7 Å². The number of nitrogens with two attached hydrogens (primary N) is 1. The molecule has 7 nitrogen and oxygen atoms in total. The molecule has 0 fully saturated rings. The molecule has 0 aliphatic carbocycles. The Morgan fingerprint density at radius 3 is 2.85 bits per heavy atom. The van der Waals surface area contributed by atoms with Gasteiger partial charge in [0.1, 0.15) is 10.8 Å². The number of anilines is 2. The summed E-state index contributed by atoms with van der Waals surface area (Å²) in [6.45, 7) is 2.21. The third-order valence-electron chi connectivity index (χ3n) is 2.66. The van der Waals surface area contributed by atoms with E-state index in [9.17, 15) is 0 Å². The van der Waals surface area contributed by atoms with Crippen molar-refractivity contribution < 1.29 is 4.52 Å². The lowest BCUT2D eigenvalue weighted by molar-refractivity contribution is 0.388. The van der Waals surface area contributed by atoms with E-state index in [1.54, 1.807) is 19.3 Å². The molecule has 0 saturated carbocycles. The molecule has 3 heterocycles. The number of aromatic nitrogens is 4. The van der Waals surface area contributed by atoms with Crippen molar-refractivity contribution in [2.45, 2.75) is 13.5 Å². The van der Waals surface area contributed by atoms with Crippen molar-refractivity contribution in [3.05, 3.63) is 36.2 Å². The zero-order valence-electron chi connectivity index (χ0n) is 10.7. The van der Waals surface area contributed by atoms with Crippen LogP contribution in [0, 0.1) is 6.92 Å². The lowest BCUT2D eigenvalue weighted by Gasteiger charge is -2.05. The van der Waals surface area contributed by atoms with E-state index in [0.717, 1.165) is 16.1 Å². The molecule has 0 aliphatic rings. The molecule has 20 heavy (non-hydrogen) atoms. The minimum atomic E-state index is 0.455. The van der Waals surface area contributed by atoms with Crippen LogP contribution in [-0.4, -0.2) is 19.5 Å². The number of pyridine rings is 1. The molecule has 0 aromatic carbocycles. The van der Waals surface area contributed by atoms with Gasteiger partial charge in [-0.15, -0.1) is 0 Å². The second kappa shape index (κ2) is 5.25. The van der Waals surface area contributed by atoms with Crippen LogP contribution in [0.5, 0.6) is 0 Å². The largest absolute Gasteiger partial charge is 0.382 e. The first-order chi connectivity index (χ1) is 9.74. The summed E-state index contributed by atoms with van der Waals surface area (Å²) in [5, 5.41) is 7.94. The summed E-state index contributed by atoms with van der Waals surface area (Å²) in [6.07, 6.45) is 3.44. The molecule has 0 unspecified atom stereocenters. The number of hydrogen-bond donors (Lipinski definition) is 2. The fraction of sp³-hybridized carbons (Fsp3) is 0.167. The van der Waals surface area contributed by atoms with Crippen LogP contribution in [0.2, 0.25) is 0 Å². The van der Waals surface area contributed by atoms with Gasteiger partial charge in [-0.3, -0.25) is 4.98 Å². The van der Waals surface area contributed by atoms with Crippen LogP contribution in [0.3, 0.4) is 0 Å². The van der Waals surface area contributed by atoms with Gasteiger partial charge in [-0.2, -0.15) is 9.36 Å². The van der Waals surface area contributed by atoms with Crippen LogP contribution in [0.25, 0.3) is 11.1 Å². The second-order valence-electron chi connectivity index (χ2n) is 4.09. The quantitative estimate of drug-likeness (QED) is 0.757. The lowest BCUT2D eigenvalue weighted by atomic mass is 10.1. The number of nitrogen functional groups attached to an aromatic ring is 1. The molecular weight excluding hydrogens is 276 g/mol. The van der Waals surface area contributed by atoms with Crippen molar-refractivity contribution in [2.24, 2.45) is 0 Å². The molecule has 0 saturated heterocycles. The molecule has 102 valence electrons. The van der Waals surface area contributed by atoms with Crippen molar-refractivity contribution in [1.82, 2.24) is 19.5 Å². The number of aryl methyl sites for hydroxylation is 1. The Bertz CT molecular complexity index is 708. The van der Waals surface area contributed by atoms with Crippen molar-refractivity contribution >= 4 is 22.4 Å². The number of hydrogen-bond acceptors (Lipinski definition) is 8. The van der Waals surface area contributed by atoms with E-state index < -0.39 is 0 Å². The maximum absolute atomic E-state index is 5.94. The van der Waals surface area contributed by atoms with Gasteiger partial charge in [-0.25, -0.2) is 0 Å². The minimum absolute atomic E-state index is 0.455. The molecule has 8 heteroatoms. The average molecular weight is 288 g/mol. The van der Waals surface area contributed by atoms with Gasteiger partial charge >= 0.3 is 0 Å². The SMILES string of the molecule is Cc1nc(CNc2snc(N)c2-c2ccncc2)no1. The van der Waals surface area contributed by atoms with Crippen LogP contribution in [-0.2, 0) is 6.54 Å². The Labute approximate surface area is 119 Å². The summed E-state index contributed by atoms with van der Waals surface area (Å²) in [5.74, 6) is 1.63. The van der Waals surface area contributed by atoms with Crippen LogP contribution < -0.4 is 11.1 Å². The van der Waals surface area contributed by atoms with E-state index in [0.29, 0.717) is 24.1 Å². The van der Waals surface area contributed by atoms with Gasteiger partial charge in [0.2, 0.25) is 5.89 Å². The summed E-state index contributed by atoms with van der Waals surface area (Å²) in [6, 6.07) is 3.79. The summed E-state index contributed by atoms with van der Waals surface area (Å²) in [4.78, 5) is 8.14. The fourth-order valence-corrected chi connectivity index (χ4v) is 2.52. The summed E-state index contributed by atoms with van der Waals surface area (Å²) in [5.41, 5.74) is 7.78. The van der Waals surface area contributed by atoms with Crippen molar-refractivity contribution in [3.63, 3.8) is 0 Å². The third-order valence-corrected chi connectivity index (χ3v) is 3.48. The maximum atomic E-state index is 5.94. The second-order valence-corrected chi connectivity index (χ2v) is 4.86. The smallest absolute Gasteiger partial charge is 0.223 e. The number of nitrogens with zero attached hydrogens (tertiary/aromatic N) is 4. The fourth-order valence-electron chi connectivity index (χ4n) is 1.79. The van der Waals surface area contributed by atoms with E-state index in [1.165, 1.54) is 11.5 Å².